The highest BCUT2D eigenvalue weighted by molar-refractivity contribution is 5.85. The molecule has 6 heteroatoms. The largest absolute Gasteiger partial charge is 0.351 e. The number of nitrogens with one attached hydrogen (secondary N) is 1. The maximum atomic E-state index is 11.9. The van der Waals surface area contributed by atoms with Gasteiger partial charge in [0.2, 0.25) is 5.91 Å². The third kappa shape index (κ3) is 2.33. The van der Waals surface area contributed by atoms with Gasteiger partial charge in [-0.25, -0.2) is 0 Å². The molecule has 1 fully saturated rings. The lowest BCUT2D eigenvalue weighted by Gasteiger charge is -2.12. The molecule has 0 unspecified atom stereocenters. The summed E-state index contributed by atoms with van der Waals surface area (Å²) in [5.41, 5.74) is 5.65. The minimum absolute atomic E-state index is 0.0235. The van der Waals surface area contributed by atoms with E-state index in [0.717, 1.165) is 12.8 Å². The molecule has 1 aromatic carbocycles. The van der Waals surface area contributed by atoms with E-state index >= 15 is 0 Å². The molecule has 1 aromatic rings. The van der Waals surface area contributed by atoms with Crippen LogP contribution in [0.15, 0.2) is 24.3 Å². The van der Waals surface area contributed by atoms with Crippen molar-refractivity contribution in [3.8, 4) is 0 Å². The first kappa shape index (κ1) is 12.5. The number of rotatable bonds is 5. The van der Waals surface area contributed by atoms with Gasteiger partial charge >= 0.3 is 0 Å². The topological polar surface area (TPSA) is 98.3 Å². The predicted molar refractivity (Wildman–Crippen MR) is 65.7 cm³/mol. The zero-order chi connectivity index (χ0) is 13.2. The van der Waals surface area contributed by atoms with Crippen molar-refractivity contribution >= 4 is 11.6 Å². The Bertz CT molecular complexity index is 483. The number of nitro groups is 1. The monoisotopic (exact) mass is 249 g/mol. The normalized spacial score (nSPS) is 16.1. The van der Waals surface area contributed by atoms with E-state index in [1.54, 1.807) is 18.2 Å². The average molecular weight is 249 g/mol. The van der Waals surface area contributed by atoms with E-state index in [2.05, 4.69) is 5.32 Å². The van der Waals surface area contributed by atoms with E-state index < -0.39 is 10.3 Å². The molecular formula is C12H15N3O3. The number of carbonyl (C=O) groups is 1. The van der Waals surface area contributed by atoms with Crippen LogP contribution in [0, 0.1) is 15.5 Å². The first-order chi connectivity index (χ1) is 8.59. The van der Waals surface area contributed by atoms with Gasteiger partial charge in [-0.15, -0.1) is 0 Å². The fourth-order valence-corrected chi connectivity index (χ4v) is 1.88. The van der Waals surface area contributed by atoms with Crippen molar-refractivity contribution < 1.29 is 9.72 Å². The summed E-state index contributed by atoms with van der Waals surface area (Å²) in [5.74, 6) is -0.108. The molecule has 0 radical (unpaired) electrons. The van der Waals surface area contributed by atoms with Crippen LogP contribution in [0.4, 0.5) is 5.69 Å². The lowest BCUT2D eigenvalue weighted by atomic mass is 10.1. The summed E-state index contributed by atoms with van der Waals surface area (Å²) in [6.45, 7) is 0.494. The Balaban J connectivity index is 2.02. The Morgan fingerprint density at radius 1 is 1.44 bits per heavy atom. The third-order valence-electron chi connectivity index (χ3n) is 3.35. The maximum absolute atomic E-state index is 11.9. The van der Waals surface area contributed by atoms with Crippen LogP contribution in [0.3, 0.4) is 0 Å². The molecule has 1 saturated carbocycles. The van der Waals surface area contributed by atoms with Gasteiger partial charge in [0.25, 0.3) is 5.69 Å². The first-order valence-electron chi connectivity index (χ1n) is 5.80. The number of benzene rings is 1. The van der Waals surface area contributed by atoms with Gasteiger partial charge in [-0.05, 0) is 12.8 Å². The first-order valence-corrected chi connectivity index (χ1v) is 5.80. The number of hydrogen-bond donors (Lipinski definition) is 2. The zero-order valence-corrected chi connectivity index (χ0v) is 9.89. The van der Waals surface area contributed by atoms with E-state index in [4.69, 9.17) is 5.73 Å². The van der Waals surface area contributed by atoms with Crippen LogP contribution >= 0.6 is 0 Å². The summed E-state index contributed by atoms with van der Waals surface area (Å²) in [5, 5.41) is 13.5. The number of carbonyl (C=O) groups excluding carboxylic acids is 1. The molecule has 0 atom stereocenters. The summed E-state index contributed by atoms with van der Waals surface area (Å²) in [7, 11) is 0. The van der Waals surface area contributed by atoms with E-state index in [-0.39, 0.29) is 18.1 Å². The number of hydrogen-bond acceptors (Lipinski definition) is 4. The smallest absolute Gasteiger partial charge is 0.274 e. The Morgan fingerprint density at radius 2 is 2.11 bits per heavy atom. The van der Waals surface area contributed by atoms with Crippen LogP contribution in [0.5, 0.6) is 0 Å². The van der Waals surface area contributed by atoms with Gasteiger partial charge in [0.15, 0.2) is 0 Å². The fourth-order valence-electron chi connectivity index (χ4n) is 1.88. The Hall–Kier alpha value is -1.95. The SMILES string of the molecule is NCC1(C(=O)NCc2ccccc2[N+](=O)[O-])CC1. The lowest BCUT2D eigenvalue weighted by molar-refractivity contribution is -0.385. The molecule has 96 valence electrons. The van der Waals surface area contributed by atoms with Crippen LogP contribution < -0.4 is 11.1 Å². The molecule has 3 N–H and O–H groups in total. The molecule has 0 aromatic heterocycles. The number of nitro benzene ring substituents is 1. The molecule has 6 nitrogen and oxygen atoms in total. The van der Waals surface area contributed by atoms with Crippen LogP contribution in [0.2, 0.25) is 0 Å². The highest BCUT2D eigenvalue weighted by atomic mass is 16.6. The summed E-state index contributed by atoms with van der Waals surface area (Å²) >= 11 is 0. The molecule has 0 bridgehead atoms. The molecule has 1 aliphatic rings. The standard InChI is InChI=1S/C12H15N3O3/c13-8-12(5-6-12)11(16)14-7-9-3-1-2-4-10(9)15(17)18/h1-4H,5-8,13H2,(H,14,16). The van der Waals surface area contributed by atoms with Crippen molar-refractivity contribution in [1.82, 2.24) is 5.32 Å². The fraction of sp³-hybridized carbons (Fsp3) is 0.417. The van der Waals surface area contributed by atoms with Gasteiger partial charge in [-0.3, -0.25) is 14.9 Å². The van der Waals surface area contributed by atoms with Gasteiger partial charge in [0, 0.05) is 24.7 Å². The van der Waals surface area contributed by atoms with Gasteiger partial charge in [0.1, 0.15) is 0 Å². The average Bonchev–Trinajstić information content (AvgIpc) is 3.17. The summed E-state index contributed by atoms with van der Waals surface area (Å²) in [4.78, 5) is 22.2. The van der Waals surface area contributed by atoms with Gasteiger partial charge in [-0.2, -0.15) is 0 Å². The van der Waals surface area contributed by atoms with Gasteiger partial charge < -0.3 is 11.1 Å². The molecule has 0 spiro atoms. The van der Waals surface area contributed by atoms with Crippen molar-refractivity contribution in [2.75, 3.05) is 6.54 Å². The number of nitrogens with zero attached hydrogens (tertiary/aromatic N) is 1. The molecule has 0 saturated heterocycles. The number of amides is 1. The van der Waals surface area contributed by atoms with Crippen LogP contribution in [0.1, 0.15) is 18.4 Å². The number of nitrogens with two attached hydrogens (primary N) is 1. The van der Waals surface area contributed by atoms with Crippen molar-refractivity contribution in [1.29, 1.82) is 0 Å². The summed E-state index contributed by atoms with van der Waals surface area (Å²) in [6, 6.07) is 6.38. The van der Waals surface area contributed by atoms with E-state index in [9.17, 15) is 14.9 Å². The highest BCUT2D eigenvalue weighted by Gasteiger charge is 2.48. The zero-order valence-electron chi connectivity index (χ0n) is 9.89. The van der Waals surface area contributed by atoms with E-state index in [1.165, 1.54) is 6.07 Å². The third-order valence-corrected chi connectivity index (χ3v) is 3.35. The lowest BCUT2D eigenvalue weighted by Crippen LogP contribution is -2.36. The molecule has 0 aliphatic heterocycles. The van der Waals surface area contributed by atoms with E-state index in [0.29, 0.717) is 12.1 Å². The highest BCUT2D eigenvalue weighted by Crippen LogP contribution is 2.44. The van der Waals surface area contributed by atoms with Crippen molar-refractivity contribution in [3.63, 3.8) is 0 Å². The maximum Gasteiger partial charge on any atom is 0.274 e. The van der Waals surface area contributed by atoms with Gasteiger partial charge in [0.05, 0.1) is 10.3 Å². The summed E-state index contributed by atoms with van der Waals surface area (Å²) < 4.78 is 0. The Morgan fingerprint density at radius 3 is 2.67 bits per heavy atom. The molecular weight excluding hydrogens is 234 g/mol. The quantitative estimate of drug-likeness (QED) is 0.599. The molecule has 0 heterocycles. The number of para-hydroxylation sites is 1. The van der Waals surface area contributed by atoms with E-state index in [1.807, 2.05) is 0 Å². The second kappa shape index (κ2) is 4.73. The molecule has 18 heavy (non-hydrogen) atoms. The summed E-state index contributed by atoms with van der Waals surface area (Å²) in [6.07, 6.45) is 1.60. The van der Waals surface area contributed by atoms with Gasteiger partial charge in [-0.1, -0.05) is 18.2 Å². The van der Waals surface area contributed by atoms with Crippen molar-refractivity contribution in [2.24, 2.45) is 11.1 Å². The second-order valence-corrected chi connectivity index (χ2v) is 4.55. The second-order valence-electron chi connectivity index (χ2n) is 4.55. The predicted octanol–water partition coefficient (Wildman–Crippen LogP) is 0.950. The molecule has 1 amide bonds. The molecule has 1 aliphatic carbocycles. The van der Waals surface area contributed by atoms with Crippen LogP contribution in [0.25, 0.3) is 0 Å². The minimum Gasteiger partial charge on any atom is -0.351 e. The van der Waals surface area contributed by atoms with Crippen LogP contribution in [-0.2, 0) is 11.3 Å². The Labute approximate surface area is 104 Å². The minimum atomic E-state index is -0.447. The Kier molecular flexibility index (Phi) is 3.29. The van der Waals surface area contributed by atoms with Crippen LogP contribution in [-0.4, -0.2) is 17.4 Å². The van der Waals surface area contributed by atoms with Crippen molar-refractivity contribution in [3.05, 3.63) is 39.9 Å². The molecule has 2 rings (SSSR count). The van der Waals surface area contributed by atoms with Crippen molar-refractivity contribution in [2.45, 2.75) is 19.4 Å².